The van der Waals surface area contributed by atoms with E-state index in [-0.39, 0.29) is 12.4 Å². The van der Waals surface area contributed by atoms with Gasteiger partial charge < -0.3 is 10.0 Å². The maximum absolute atomic E-state index is 10.8. The first-order valence-electron chi connectivity index (χ1n) is 2.64. The molecule has 66 valence electrons. The van der Waals surface area contributed by atoms with Crippen LogP contribution in [0.4, 0.5) is 9.59 Å². The number of carbonyl (C=O) groups excluding carboxylic acids is 1. The van der Waals surface area contributed by atoms with Gasteiger partial charge in [0.05, 0.1) is 0 Å². The van der Waals surface area contributed by atoms with E-state index in [9.17, 15) is 9.59 Å². The van der Waals surface area contributed by atoms with Crippen molar-refractivity contribution in [1.82, 2.24) is 9.80 Å². The predicted molar refractivity (Wildman–Crippen MR) is 42.1 cm³/mol. The number of hydrogen-bond acceptors (Lipinski definition) is 2. The normalized spacial score (nSPS) is 7.91. The molecule has 0 aromatic heterocycles. The Hall–Kier alpha value is -0.970. The van der Waals surface area contributed by atoms with Gasteiger partial charge in [-0.05, 0) is 0 Å². The van der Waals surface area contributed by atoms with Crippen molar-refractivity contribution in [3.8, 4) is 0 Å². The molecule has 0 aliphatic carbocycles. The number of hydrogen-bond donors (Lipinski definition) is 1. The smallest absolute Gasteiger partial charge is 0.415 e. The van der Waals surface area contributed by atoms with Crippen molar-refractivity contribution in [2.75, 3.05) is 21.1 Å². The molecular weight excluding hydrogens is 172 g/mol. The largest absolute Gasteiger partial charge is 0.465 e. The molecule has 11 heavy (non-hydrogen) atoms. The summed E-state index contributed by atoms with van der Waals surface area (Å²) in [5.41, 5.74) is 0. The van der Waals surface area contributed by atoms with E-state index in [2.05, 4.69) is 0 Å². The lowest BCUT2D eigenvalue weighted by Crippen LogP contribution is -2.39. The van der Waals surface area contributed by atoms with Gasteiger partial charge in [0.15, 0.2) is 0 Å². The molecule has 0 aromatic rings. The lowest BCUT2D eigenvalue weighted by molar-refractivity contribution is 0.146. The number of imide groups is 1. The summed E-state index contributed by atoms with van der Waals surface area (Å²) >= 11 is 0. The van der Waals surface area contributed by atoms with E-state index < -0.39 is 12.1 Å². The van der Waals surface area contributed by atoms with Crippen LogP contribution in [0.3, 0.4) is 0 Å². The number of halogens is 1. The first-order chi connectivity index (χ1) is 4.46. The monoisotopic (exact) mass is 182 g/mol. The van der Waals surface area contributed by atoms with Crippen LogP contribution in [0.15, 0.2) is 0 Å². The van der Waals surface area contributed by atoms with Crippen LogP contribution in [0.1, 0.15) is 0 Å². The maximum atomic E-state index is 10.8. The minimum absolute atomic E-state index is 0. The molecule has 0 radical (unpaired) electrons. The zero-order valence-corrected chi connectivity index (χ0v) is 7.38. The summed E-state index contributed by atoms with van der Waals surface area (Å²) in [7, 11) is 4.17. The number of carbonyl (C=O) groups is 2. The molecule has 0 spiro atoms. The van der Waals surface area contributed by atoms with Crippen molar-refractivity contribution in [3.05, 3.63) is 0 Å². The molecule has 0 aliphatic rings. The summed E-state index contributed by atoms with van der Waals surface area (Å²) in [5, 5.41) is 8.28. The fourth-order valence-electron chi connectivity index (χ4n) is 0.382. The molecule has 0 aromatic carbocycles. The fourth-order valence-corrected chi connectivity index (χ4v) is 0.382. The third kappa shape index (κ3) is 3.67. The van der Waals surface area contributed by atoms with Crippen LogP contribution in [0.5, 0.6) is 0 Å². The number of nitrogens with zero attached hydrogens (tertiary/aromatic N) is 2. The van der Waals surface area contributed by atoms with Gasteiger partial charge in [0.25, 0.3) is 0 Å². The van der Waals surface area contributed by atoms with Crippen LogP contribution < -0.4 is 0 Å². The van der Waals surface area contributed by atoms with E-state index in [0.29, 0.717) is 4.90 Å². The molecule has 0 fully saturated rings. The Labute approximate surface area is 71.0 Å². The summed E-state index contributed by atoms with van der Waals surface area (Å²) in [6.07, 6.45) is -1.25. The number of rotatable bonds is 0. The minimum atomic E-state index is -1.25. The van der Waals surface area contributed by atoms with Crippen LogP contribution >= 0.6 is 12.4 Å². The Morgan fingerprint density at radius 3 is 1.64 bits per heavy atom. The Morgan fingerprint density at radius 1 is 1.18 bits per heavy atom. The molecular formula is C5H11ClN2O3. The second-order valence-electron chi connectivity index (χ2n) is 2.02. The molecule has 6 heteroatoms. The fraction of sp³-hybridized carbons (Fsp3) is 0.600. The highest BCUT2D eigenvalue weighted by Gasteiger charge is 2.15. The van der Waals surface area contributed by atoms with Crippen LogP contribution in [-0.4, -0.2) is 48.2 Å². The average molecular weight is 183 g/mol. The molecule has 5 nitrogen and oxygen atoms in total. The van der Waals surface area contributed by atoms with Gasteiger partial charge >= 0.3 is 12.1 Å². The summed E-state index contributed by atoms with van der Waals surface area (Å²) in [6, 6.07) is -0.549. The summed E-state index contributed by atoms with van der Waals surface area (Å²) in [5.74, 6) is 0. The van der Waals surface area contributed by atoms with Crippen LogP contribution in [-0.2, 0) is 0 Å². The minimum Gasteiger partial charge on any atom is -0.465 e. The third-order valence-electron chi connectivity index (χ3n) is 0.956. The molecule has 0 unspecified atom stereocenters. The molecule has 0 atom stereocenters. The molecule has 0 aliphatic heterocycles. The molecule has 0 bridgehead atoms. The van der Waals surface area contributed by atoms with Crippen molar-refractivity contribution in [2.24, 2.45) is 0 Å². The van der Waals surface area contributed by atoms with Crippen molar-refractivity contribution in [2.45, 2.75) is 0 Å². The predicted octanol–water partition coefficient (Wildman–Crippen LogP) is 0.700. The molecule has 1 N–H and O–H groups in total. The van der Waals surface area contributed by atoms with Gasteiger partial charge in [0, 0.05) is 21.1 Å². The first-order valence-corrected chi connectivity index (χ1v) is 2.64. The Bertz CT molecular complexity index is 160. The van der Waals surface area contributed by atoms with Crippen molar-refractivity contribution < 1.29 is 14.7 Å². The summed E-state index contributed by atoms with van der Waals surface area (Å²) in [4.78, 5) is 22.7. The van der Waals surface area contributed by atoms with Crippen LogP contribution in [0, 0.1) is 0 Å². The molecule has 0 rings (SSSR count). The highest BCUT2D eigenvalue weighted by molar-refractivity contribution is 5.89. The van der Waals surface area contributed by atoms with Crippen LogP contribution in [0.25, 0.3) is 0 Å². The van der Waals surface area contributed by atoms with E-state index in [1.165, 1.54) is 26.0 Å². The summed E-state index contributed by atoms with van der Waals surface area (Å²) in [6.45, 7) is 0. The highest BCUT2D eigenvalue weighted by Crippen LogP contribution is 1.89. The van der Waals surface area contributed by atoms with Gasteiger partial charge in [-0.25, -0.2) is 14.5 Å². The van der Waals surface area contributed by atoms with E-state index in [1.54, 1.807) is 0 Å². The number of carboxylic acid groups (broad SMARTS) is 1. The van der Waals surface area contributed by atoms with Crippen molar-refractivity contribution >= 4 is 24.5 Å². The SMILES string of the molecule is CN(C)C(=O)N(C)C(=O)O.Cl. The summed E-state index contributed by atoms with van der Waals surface area (Å²) < 4.78 is 0. The van der Waals surface area contributed by atoms with E-state index >= 15 is 0 Å². The number of amides is 3. The van der Waals surface area contributed by atoms with Gasteiger partial charge in [0.1, 0.15) is 0 Å². The first kappa shape index (κ1) is 12.7. The van der Waals surface area contributed by atoms with Gasteiger partial charge in [-0.3, -0.25) is 0 Å². The Balaban J connectivity index is 0. The zero-order valence-electron chi connectivity index (χ0n) is 6.57. The maximum Gasteiger partial charge on any atom is 0.415 e. The van der Waals surface area contributed by atoms with Crippen molar-refractivity contribution in [1.29, 1.82) is 0 Å². The Morgan fingerprint density at radius 2 is 1.55 bits per heavy atom. The lowest BCUT2D eigenvalue weighted by Gasteiger charge is -2.16. The molecule has 0 saturated heterocycles. The van der Waals surface area contributed by atoms with Gasteiger partial charge in [-0.1, -0.05) is 0 Å². The van der Waals surface area contributed by atoms with Gasteiger partial charge in [-0.2, -0.15) is 0 Å². The molecule has 0 heterocycles. The standard InChI is InChI=1S/C5H10N2O3.ClH/c1-6(2)4(8)7(3)5(9)10;/h1-3H3,(H,9,10);1H. The van der Waals surface area contributed by atoms with Crippen molar-refractivity contribution in [3.63, 3.8) is 0 Å². The van der Waals surface area contributed by atoms with E-state index in [4.69, 9.17) is 5.11 Å². The van der Waals surface area contributed by atoms with E-state index in [1.807, 2.05) is 0 Å². The number of urea groups is 1. The van der Waals surface area contributed by atoms with Gasteiger partial charge in [-0.15, -0.1) is 12.4 Å². The second-order valence-corrected chi connectivity index (χ2v) is 2.02. The topological polar surface area (TPSA) is 60.9 Å². The highest BCUT2D eigenvalue weighted by atomic mass is 35.5. The zero-order chi connectivity index (χ0) is 8.31. The molecule has 3 amide bonds. The molecule has 0 saturated carbocycles. The van der Waals surface area contributed by atoms with Crippen LogP contribution in [0.2, 0.25) is 0 Å². The third-order valence-corrected chi connectivity index (χ3v) is 0.956. The second kappa shape index (κ2) is 4.79. The average Bonchev–Trinajstić information content (AvgIpc) is 1.84. The van der Waals surface area contributed by atoms with E-state index in [0.717, 1.165) is 0 Å². The quantitative estimate of drug-likeness (QED) is 0.600. The Kier molecular flexibility index (Phi) is 5.52. The lowest BCUT2D eigenvalue weighted by atomic mass is 10.7. The van der Waals surface area contributed by atoms with Gasteiger partial charge in [0.2, 0.25) is 0 Å².